The van der Waals surface area contributed by atoms with E-state index in [4.69, 9.17) is 10.9 Å². The molecule has 1 unspecified atom stereocenters. The van der Waals surface area contributed by atoms with Gasteiger partial charge in [0.05, 0.1) is 5.69 Å². The standard InChI is InChI=1S/C12H18N4O/c1-8(9-5-6-9)16(2)10-4-3-7-14-11(10)12(13)15-17/h3-4,7-9,17H,5-6H2,1-2H3,(H2,13,15). The van der Waals surface area contributed by atoms with Gasteiger partial charge in [0.25, 0.3) is 0 Å². The van der Waals surface area contributed by atoms with Gasteiger partial charge in [-0.1, -0.05) is 5.16 Å². The Morgan fingerprint density at radius 1 is 1.65 bits per heavy atom. The summed E-state index contributed by atoms with van der Waals surface area (Å²) >= 11 is 0. The summed E-state index contributed by atoms with van der Waals surface area (Å²) in [5, 5.41) is 11.8. The molecular formula is C12H18N4O. The highest BCUT2D eigenvalue weighted by molar-refractivity contribution is 6.00. The molecule has 1 aliphatic carbocycles. The maximum atomic E-state index is 8.76. The topological polar surface area (TPSA) is 74.7 Å². The third-order valence-electron chi connectivity index (χ3n) is 3.43. The number of hydrogen-bond donors (Lipinski definition) is 2. The molecule has 1 atom stereocenters. The van der Waals surface area contributed by atoms with Crippen LogP contribution in [0.25, 0.3) is 0 Å². The number of oxime groups is 1. The van der Waals surface area contributed by atoms with Crippen molar-refractivity contribution in [3.8, 4) is 0 Å². The Hall–Kier alpha value is -1.78. The van der Waals surface area contributed by atoms with Crippen LogP contribution in [0.2, 0.25) is 0 Å². The predicted octanol–water partition coefficient (Wildman–Crippen LogP) is 1.41. The fourth-order valence-corrected chi connectivity index (χ4v) is 2.04. The molecule has 1 aliphatic rings. The molecule has 17 heavy (non-hydrogen) atoms. The molecule has 0 saturated heterocycles. The zero-order chi connectivity index (χ0) is 12.4. The van der Waals surface area contributed by atoms with Crippen LogP contribution in [0.5, 0.6) is 0 Å². The number of nitrogens with zero attached hydrogens (tertiary/aromatic N) is 3. The summed E-state index contributed by atoms with van der Waals surface area (Å²) < 4.78 is 0. The lowest BCUT2D eigenvalue weighted by atomic mass is 10.1. The fraction of sp³-hybridized carbons (Fsp3) is 0.500. The first-order chi connectivity index (χ1) is 8.15. The van der Waals surface area contributed by atoms with Crippen LogP contribution in [-0.2, 0) is 0 Å². The predicted molar refractivity (Wildman–Crippen MR) is 67.3 cm³/mol. The Balaban J connectivity index is 2.30. The fourth-order valence-electron chi connectivity index (χ4n) is 2.04. The Kier molecular flexibility index (Phi) is 3.17. The summed E-state index contributed by atoms with van der Waals surface area (Å²) in [4.78, 5) is 6.33. The SMILES string of the molecule is CC(C1CC1)N(C)c1cccnc1/C(N)=N/O. The number of anilines is 1. The van der Waals surface area contributed by atoms with Crippen molar-refractivity contribution in [2.75, 3.05) is 11.9 Å². The number of pyridine rings is 1. The molecule has 1 aromatic heterocycles. The van der Waals surface area contributed by atoms with E-state index in [0.29, 0.717) is 11.7 Å². The molecule has 0 amide bonds. The number of amidine groups is 1. The van der Waals surface area contributed by atoms with Gasteiger partial charge in [-0.2, -0.15) is 0 Å². The lowest BCUT2D eigenvalue weighted by Crippen LogP contribution is -2.33. The molecule has 0 aliphatic heterocycles. The van der Waals surface area contributed by atoms with Crippen LogP contribution in [0, 0.1) is 5.92 Å². The van der Waals surface area contributed by atoms with E-state index in [1.54, 1.807) is 6.20 Å². The van der Waals surface area contributed by atoms with Crippen molar-refractivity contribution >= 4 is 11.5 Å². The van der Waals surface area contributed by atoms with Crippen molar-refractivity contribution in [2.24, 2.45) is 16.8 Å². The van der Waals surface area contributed by atoms with Crippen molar-refractivity contribution < 1.29 is 5.21 Å². The molecule has 1 heterocycles. The number of nitrogens with two attached hydrogens (primary N) is 1. The highest BCUT2D eigenvalue weighted by Gasteiger charge is 2.31. The minimum absolute atomic E-state index is 0.0513. The highest BCUT2D eigenvalue weighted by Crippen LogP contribution is 2.36. The minimum atomic E-state index is 0.0513. The number of aromatic nitrogens is 1. The van der Waals surface area contributed by atoms with E-state index in [1.807, 2.05) is 19.2 Å². The van der Waals surface area contributed by atoms with Crippen molar-refractivity contribution in [2.45, 2.75) is 25.8 Å². The zero-order valence-corrected chi connectivity index (χ0v) is 10.2. The second kappa shape index (κ2) is 4.61. The average molecular weight is 234 g/mol. The smallest absolute Gasteiger partial charge is 0.190 e. The second-order valence-corrected chi connectivity index (χ2v) is 4.55. The molecule has 1 saturated carbocycles. The summed E-state index contributed by atoms with van der Waals surface area (Å²) in [5.41, 5.74) is 7.07. The van der Waals surface area contributed by atoms with E-state index in [2.05, 4.69) is 22.0 Å². The second-order valence-electron chi connectivity index (χ2n) is 4.55. The highest BCUT2D eigenvalue weighted by atomic mass is 16.4. The molecule has 2 rings (SSSR count). The first-order valence-electron chi connectivity index (χ1n) is 5.81. The molecule has 3 N–H and O–H groups in total. The maximum Gasteiger partial charge on any atom is 0.190 e. The van der Waals surface area contributed by atoms with Gasteiger partial charge in [-0.25, -0.2) is 0 Å². The third-order valence-corrected chi connectivity index (χ3v) is 3.43. The Morgan fingerprint density at radius 3 is 2.94 bits per heavy atom. The van der Waals surface area contributed by atoms with Crippen molar-refractivity contribution in [1.29, 1.82) is 0 Å². The molecule has 5 nitrogen and oxygen atoms in total. The van der Waals surface area contributed by atoms with Gasteiger partial charge in [-0.05, 0) is 37.8 Å². The third kappa shape index (κ3) is 2.33. The lowest BCUT2D eigenvalue weighted by Gasteiger charge is -2.28. The van der Waals surface area contributed by atoms with Gasteiger partial charge >= 0.3 is 0 Å². The quantitative estimate of drug-likeness (QED) is 0.357. The summed E-state index contributed by atoms with van der Waals surface area (Å²) in [6, 6.07) is 4.25. The van der Waals surface area contributed by atoms with Crippen LogP contribution in [0.1, 0.15) is 25.5 Å². The number of hydrogen-bond acceptors (Lipinski definition) is 4. The summed E-state index contributed by atoms with van der Waals surface area (Å²) in [6.45, 7) is 2.20. The summed E-state index contributed by atoms with van der Waals surface area (Å²) in [5.74, 6) is 0.802. The van der Waals surface area contributed by atoms with Crippen LogP contribution in [0.3, 0.4) is 0 Å². The van der Waals surface area contributed by atoms with E-state index >= 15 is 0 Å². The summed E-state index contributed by atoms with van der Waals surface area (Å²) in [6.07, 6.45) is 4.21. The van der Waals surface area contributed by atoms with Gasteiger partial charge in [0.15, 0.2) is 5.84 Å². The van der Waals surface area contributed by atoms with E-state index in [-0.39, 0.29) is 5.84 Å². The summed E-state index contributed by atoms with van der Waals surface area (Å²) in [7, 11) is 2.02. The Labute approximate surface area is 101 Å². The number of rotatable bonds is 4. The minimum Gasteiger partial charge on any atom is -0.409 e. The molecule has 0 spiro atoms. The zero-order valence-electron chi connectivity index (χ0n) is 10.2. The van der Waals surface area contributed by atoms with Crippen LogP contribution in [0.4, 0.5) is 5.69 Å². The van der Waals surface area contributed by atoms with Gasteiger partial charge < -0.3 is 15.8 Å². The molecule has 0 aromatic carbocycles. The van der Waals surface area contributed by atoms with Gasteiger partial charge in [0, 0.05) is 19.3 Å². The van der Waals surface area contributed by atoms with Gasteiger partial charge in [0.2, 0.25) is 0 Å². The molecule has 5 heteroatoms. The maximum absolute atomic E-state index is 8.76. The van der Waals surface area contributed by atoms with Gasteiger partial charge in [-0.3, -0.25) is 4.98 Å². The Bertz CT molecular complexity index is 428. The van der Waals surface area contributed by atoms with Crippen molar-refractivity contribution in [1.82, 2.24) is 4.98 Å². The van der Waals surface area contributed by atoms with Crippen molar-refractivity contribution in [3.05, 3.63) is 24.0 Å². The molecule has 1 aromatic rings. The van der Waals surface area contributed by atoms with Gasteiger partial charge in [0.1, 0.15) is 5.69 Å². The molecule has 1 fully saturated rings. The van der Waals surface area contributed by atoms with Crippen molar-refractivity contribution in [3.63, 3.8) is 0 Å². The lowest BCUT2D eigenvalue weighted by molar-refractivity contribution is 0.318. The van der Waals surface area contributed by atoms with Crippen LogP contribution < -0.4 is 10.6 Å². The van der Waals surface area contributed by atoms with E-state index in [9.17, 15) is 0 Å². The molecular weight excluding hydrogens is 216 g/mol. The van der Waals surface area contributed by atoms with E-state index < -0.39 is 0 Å². The van der Waals surface area contributed by atoms with Crippen LogP contribution in [-0.4, -0.2) is 29.1 Å². The average Bonchev–Trinajstić information content (AvgIpc) is 3.20. The monoisotopic (exact) mass is 234 g/mol. The van der Waals surface area contributed by atoms with E-state index in [1.165, 1.54) is 12.8 Å². The molecule has 0 radical (unpaired) electrons. The largest absolute Gasteiger partial charge is 0.409 e. The first-order valence-corrected chi connectivity index (χ1v) is 5.81. The van der Waals surface area contributed by atoms with E-state index in [0.717, 1.165) is 11.6 Å². The Morgan fingerprint density at radius 2 is 2.35 bits per heavy atom. The van der Waals surface area contributed by atoms with Crippen LogP contribution >= 0.6 is 0 Å². The van der Waals surface area contributed by atoms with Gasteiger partial charge in [-0.15, -0.1) is 0 Å². The first kappa shape index (κ1) is 11.7. The molecule has 0 bridgehead atoms. The van der Waals surface area contributed by atoms with Crippen LogP contribution in [0.15, 0.2) is 23.5 Å². The molecule has 92 valence electrons. The normalized spacial score (nSPS) is 17.9.